The maximum absolute atomic E-state index is 12.5. The predicted octanol–water partition coefficient (Wildman–Crippen LogP) is 2.55. The Balaban J connectivity index is 2.22. The van der Waals surface area contributed by atoms with Crippen LogP contribution in [0, 0.1) is 12.8 Å². The van der Waals surface area contributed by atoms with E-state index >= 15 is 0 Å². The van der Waals surface area contributed by atoms with E-state index in [0.717, 1.165) is 19.3 Å². The molecule has 0 radical (unpaired) electrons. The zero-order valence-corrected chi connectivity index (χ0v) is 16.5. The summed E-state index contributed by atoms with van der Waals surface area (Å²) in [5.41, 5.74) is 2.00. The van der Waals surface area contributed by atoms with Crippen molar-refractivity contribution in [3.8, 4) is 11.5 Å². The predicted molar refractivity (Wildman–Crippen MR) is 110 cm³/mol. The molecule has 0 fully saturated rings. The number of aromatic hydroxyl groups is 2. The number of allylic oxidation sites excluding steroid dienone is 2. The molecule has 0 aliphatic heterocycles. The number of hydrogen-bond donors (Lipinski definition) is 3. The van der Waals surface area contributed by atoms with Crippen LogP contribution in [0.5, 0.6) is 11.5 Å². The standard InChI is InChI=1S/C23H22O7/c1-14-11-15(3-7-18(14)25)5-9-20(27)22(23(29)30-2)21(28)10-6-16-4-8-19(26)17(12-16)13-24/h3-12,22,24-26H,13H2,1-2H3/b9-5+,10-6+. The van der Waals surface area contributed by atoms with E-state index in [9.17, 15) is 29.7 Å². The summed E-state index contributed by atoms with van der Waals surface area (Å²) in [7, 11) is 1.08. The number of rotatable bonds is 8. The number of ketones is 2. The Hall–Kier alpha value is -3.71. The minimum atomic E-state index is -1.66. The normalized spacial score (nSPS) is 12.2. The van der Waals surface area contributed by atoms with Crippen LogP contribution in [0.2, 0.25) is 0 Å². The van der Waals surface area contributed by atoms with Crippen LogP contribution in [0.4, 0.5) is 0 Å². The highest BCUT2D eigenvalue weighted by molar-refractivity contribution is 6.24. The molecule has 30 heavy (non-hydrogen) atoms. The summed E-state index contributed by atoms with van der Waals surface area (Å²) >= 11 is 0. The number of carbonyl (C=O) groups is 3. The molecule has 7 nitrogen and oxygen atoms in total. The third kappa shape index (κ3) is 5.65. The van der Waals surface area contributed by atoms with Gasteiger partial charge in [-0.1, -0.05) is 24.3 Å². The van der Waals surface area contributed by atoms with Gasteiger partial charge < -0.3 is 20.1 Å². The SMILES string of the molecule is COC(=O)C(C(=O)/C=C/c1ccc(O)c(C)c1)C(=O)/C=C/c1ccc(O)c(CO)c1. The van der Waals surface area contributed by atoms with Crippen LogP contribution in [-0.4, -0.2) is 40.0 Å². The molecular weight excluding hydrogens is 388 g/mol. The summed E-state index contributed by atoms with van der Waals surface area (Å²) in [4.78, 5) is 37.1. The summed E-state index contributed by atoms with van der Waals surface area (Å²) < 4.78 is 4.60. The molecule has 0 spiro atoms. The Morgan fingerprint density at radius 3 is 1.97 bits per heavy atom. The first kappa shape index (κ1) is 22.6. The average Bonchev–Trinajstić information content (AvgIpc) is 2.73. The third-order valence-corrected chi connectivity index (χ3v) is 4.38. The highest BCUT2D eigenvalue weighted by Gasteiger charge is 2.31. The van der Waals surface area contributed by atoms with Gasteiger partial charge in [-0.05, 0) is 60.0 Å². The van der Waals surface area contributed by atoms with Gasteiger partial charge in [0.2, 0.25) is 0 Å². The van der Waals surface area contributed by atoms with E-state index in [2.05, 4.69) is 4.74 Å². The second kappa shape index (κ2) is 10.2. The number of aliphatic hydroxyl groups is 1. The number of aliphatic hydroxyl groups excluding tert-OH is 1. The van der Waals surface area contributed by atoms with Gasteiger partial charge in [-0.15, -0.1) is 0 Å². The van der Waals surface area contributed by atoms with Crippen molar-refractivity contribution in [2.24, 2.45) is 5.92 Å². The van der Waals surface area contributed by atoms with Gasteiger partial charge in [0, 0.05) is 5.56 Å². The summed E-state index contributed by atoms with van der Waals surface area (Å²) in [6, 6.07) is 9.06. The van der Waals surface area contributed by atoms with Crippen molar-refractivity contribution < 1.29 is 34.4 Å². The number of hydrogen-bond acceptors (Lipinski definition) is 7. The fourth-order valence-corrected chi connectivity index (χ4v) is 2.66. The molecule has 0 amide bonds. The van der Waals surface area contributed by atoms with Gasteiger partial charge in [0.1, 0.15) is 11.5 Å². The maximum Gasteiger partial charge on any atom is 0.324 e. The lowest BCUT2D eigenvalue weighted by molar-refractivity contribution is -0.150. The third-order valence-electron chi connectivity index (χ3n) is 4.38. The van der Waals surface area contributed by atoms with E-state index in [1.807, 2.05) is 0 Å². The molecule has 1 unspecified atom stereocenters. The number of phenols is 2. The van der Waals surface area contributed by atoms with Crippen LogP contribution in [-0.2, 0) is 25.7 Å². The second-order valence-electron chi connectivity index (χ2n) is 6.52. The van der Waals surface area contributed by atoms with Crippen molar-refractivity contribution in [3.63, 3.8) is 0 Å². The lowest BCUT2D eigenvalue weighted by atomic mass is 9.96. The lowest BCUT2D eigenvalue weighted by Gasteiger charge is -2.08. The van der Waals surface area contributed by atoms with E-state index in [-0.39, 0.29) is 23.7 Å². The Kier molecular flexibility index (Phi) is 7.66. The molecular formula is C23H22O7. The van der Waals surface area contributed by atoms with Gasteiger partial charge >= 0.3 is 5.97 Å². The fraction of sp³-hybridized carbons (Fsp3) is 0.174. The molecule has 0 aromatic heterocycles. The maximum atomic E-state index is 12.5. The minimum absolute atomic E-state index is 0.0850. The Morgan fingerprint density at radius 1 is 0.933 bits per heavy atom. The number of aryl methyl sites for hydroxylation is 1. The molecule has 0 saturated heterocycles. The summed E-state index contributed by atoms with van der Waals surface area (Å²) in [6.07, 6.45) is 5.00. The average molecular weight is 410 g/mol. The van der Waals surface area contributed by atoms with Crippen LogP contribution in [0.25, 0.3) is 12.2 Å². The fourth-order valence-electron chi connectivity index (χ4n) is 2.66. The topological polar surface area (TPSA) is 121 Å². The van der Waals surface area contributed by atoms with Crippen LogP contribution in [0.1, 0.15) is 22.3 Å². The Labute approximate surface area is 173 Å². The number of esters is 1. The van der Waals surface area contributed by atoms with Gasteiger partial charge in [-0.3, -0.25) is 14.4 Å². The molecule has 1 atom stereocenters. The van der Waals surface area contributed by atoms with Gasteiger partial charge in [0.05, 0.1) is 13.7 Å². The Morgan fingerprint density at radius 2 is 1.47 bits per heavy atom. The van der Waals surface area contributed by atoms with Crippen molar-refractivity contribution in [2.45, 2.75) is 13.5 Å². The first-order chi connectivity index (χ1) is 14.3. The first-order valence-electron chi connectivity index (χ1n) is 9.01. The van der Waals surface area contributed by atoms with E-state index in [4.69, 9.17) is 0 Å². The van der Waals surface area contributed by atoms with E-state index in [0.29, 0.717) is 16.7 Å². The molecule has 0 saturated carbocycles. The molecule has 0 bridgehead atoms. The van der Waals surface area contributed by atoms with Crippen LogP contribution < -0.4 is 0 Å². The minimum Gasteiger partial charge on any atom is -0.508 e. The molecule has 156 valence electrons. The van der Waals surface area contributed by atoms with Crippen molar-refractivity contribution in [3.05, 3.63) is 70.8 Å². The number of benzene rings is 2. The monoisotopic (exact) mass is 410 g/mol. The summed E-state index contributed by atoms with van der Waals surface area (Å²) in [5, 5.41) is 28.3. The molecule has 7 heteroatoms. The van der Waals surface area contributed by atoms with Gasteiger partial charge in [0.15, 0.2) is 17.5 Å². The van der Waals surface area contributed by atoms with E-state index in [1.165, 1.54) is 36.4 Å². The molecule has 2 rings (SSSR count). The van der Waals surface area contributed by atoms with Gasteiger partial charge in [0.25, 0.3) is 0 Å². The van der Waals surface area contributed by atoms with Crippen molar-refractivity contribution in [1.29, 1.82) is 0 Å². The van der Waals surface area contributed by atoms with E-state index < -0.39 is 23.5 Å². The molecule has 2 aromatic rings. The molecule has 0 aliphatic rings. The molecule has 0 heterocycles. The quantitative estimate of drug-likeness (QED) is 0.347. The van der Waals surface area contributed by atoms with E-state index in [1.54, 1.807) is 19.1 Å². The lowest BCUT2D eigenvalue weighted by Crippen LogP contribution is -2.30. The van der Waals surface area contributed by atoms with Crippen LogP contribution in [0.15, 0.2) is 48.6 Å². The van der Waals surface area contributed by atoms with Gasteiger partial charge in [-0.2, -0.15) is 0 Å². The van der Waals surface area contributed by atoms with Gasteiger partial charge in [-0.25, -0.2) is 0 Å². The zero-order chi connectivity index (χ0) is 22.3. The Bertz CT molecular complexity index is 1020. The highest BCUT2D eigenvalue weighted by atomic mass is 16.5. The van der Waals surface area contributed by atoms with Crippen molar-refractivity contribution >= 4 is 29.7 Å². The number of carbonyl (C=O) groups excluding carboxylic acids is 3. The summed E-state index contributed by atoms with van der Waals surface area (Å²) in [5.74, 6) is -4.12. The van der Waals surface area contributed by atoms with Crippen LogP contribution >= 0.6 is 0 Å². The summed E-state index contributed by atoms with van der Waals surface area (Å²) in [6.45, 7) is 1.32. The number of methoxy groups -OCH3 is 1. The number of phenolic OH excluding ortho intramolecular Hbond substituents is 1. The van der Waals surface area contributed by atoms with Crippen molar-refractivity contribution in [1.82, 2.24) is 0 Å². The largest absolute Gasteiger partial charge is 0.508 e. The smallest absolute Gasteiger partial charge is 0.324 e. The first-order valence-corrected chi connectivity index (χ1v) is 9.01. The van der Waals surface area contributed by atoms with Crippen LogP contribution in [0.3, 0.4) is 0 Å². The highest BCUT2D eigenvalue weighted by Crippen LogP contribution is 2.20. The second-order valence-corrected chi connectivity index (χ2v) is 6.52. The molecule has 3 N–H and O–H groups in total. The number of ether oxygens (including phenoxy) is 1. The molecule has 2 aromatic carbocycles. The molecule has 0 aliphatic carbocycles. The van der Waals surface area contributed by atoms with Crippen molar-refractivity contribution in [2.75, 3.05) is 7.11 Å². The zero-order valence-electron chi connectivity index (χ0n) is 16.5.